The number of aromatic nitrogens is 3. The van der Waals surface area contributed by atoms with E-state index in [0.29, 0.717) is 21.3 Å². The van der Waals surface area contributed by atoms with Gasteiger partial charge in [0.25, 0.3) is 5.91 Å². The second-order valence-corrected chi connectivity index (χ2v) is 7.57. The number of carbonyl (C=O) groups is 1. The Morgan fingerprint density at radius 2 is 2.15 bits per heavy atom. The summed E-state index contributed by atoms with van der Waals surface area (Å²) in [5, 5.41) is 12.2. The van der Waals surface area contributed by atoms with E-state index in [1.54, 1.807) is 13.3 Å². The number of hydrogen-bond acceptors (Lipinski definition) is 8. The first-order valence-corrected chi connectivity index (χ1v) is 9.37. The van der Waals surface area contributed by atoms with Crippen molar-refractivity contribution in [1.29, 1.82) is 0 Å². The Hall–Kier alpha value is -2.94. The number of ether oxygens (including phenoxy) is 1. The van der Waals surface area contributed by atoms with Crippen LogP contribution in [-0.4, -0.2) is 47.3 Å². The molecule has 0 aliphatic carbocycles. The van der Waals surface area contributed by atoms with Gasteiger partial charge in [0.2, 0.25) is 5.88 Å². The third kappa shape index (κ3) is 3.03. The summed E-state index contributed by atoms with van der Waals surface area (Å²) in [6.07, 6.45) is 1.71. The van der Waals surface area contributed by atoms with Crippen molar-refractivity contribution in [1.82, 2.24) is 20.5 Å². The van der Waals surface area contributed by atoms with Crippen molar-refractivity contribution < 1.29 is 9.53 Å². The first kappa shape index (κ1) is 17.5. The van der Waals surface area contributed by atoms with Crippen molar-refractivity contribution in [2.24, 2.45) is 0 Å². The monoisotopic (exact) mass is 384 g/mol. The summed E-state index contributed by atoms with van der Waals surface area (Å²) in [6, 6.07) is 3.87. The Morgan fingerprint density at radius 3 is 2.89 bits per heavy atom. The molecule has 1 amide bonds. The molecule has 3 N–H and O–H groups in total. The molecular weight excluding hydrogens is 364 g/mol. The van der Waals surface area contributed by atoms with E-state index >= 15 is 0 Å². The van der Waals surface area contributed by atoms with Crippen molar-refractivity contribution in [3.05, 3.63) is 34.5 Å². The number of thiophene rings is 1. The quantitative estimate of drug-likeness (QED) is 0.708. The first-order valence-electron chi connectivity index (χ1n) is 8.55. The van der Waals surface area contributed by atoms with E-state index < -0.39 is 0 Å². The Kier molecular flexibility index (Phi) is 4.31. The molecule has 8 nitrogen and oxygen atoms in total. The van der Waals surface area contributed by atoms with E-state index in [4.69, 9.17) is 10.5 Å². The number of nitrogens with zero attached hydrogens (tertiary/aromatic N) is 4. The molecule has 0 spiro atoms. The number of nitrogens with two attached hydrogens (primary N) is 1. The number of fused-ring (bicyclic) bond motifs is 1. The molecule has 1 aliphatic rings. The van der Waals surface area contributed by atoms with Gasteiger partial charge in [0.1, 0.15) is 9.71 Å². The maximum Gasteiger partial charge on any atom is 0.263 e. The van der Waals surface area contributed by atoms with E-state index in [2.05, 4.69) is 25.4 Å². The summed E-state index contributed by atoms with van der Waals surface area (Å²) in [5.41, 5.74) is 9.54. The molecule has 0 unspecified atom stereocenters. The fourth-order valence-corrected chi connectivity index (χ4v) is 4.15. The number of carbonyl (C=O) groups excluding carboxylic acids is 1. The number of amides is 1. The number of nitrogen functional groups attached to an aromatic ring is 1. The lowest BCUT2D eigenvalue weighted by Crippen LogP contribution is -2.59. The van der Waals surface area contributed by atoms with Crippen LogP contribution in [0.3, 0.4) is 0 Å². The SMILES string of the molecule is COc1cc(N2CC(NC(=O)c3sc4nnc(C)c(C)c4c3N)C2)ccn1. The van der Waals surface area contributed by atoms with Crippen LogP contribution < -0.4 is 20.7 Å². The molecule has 0 saturated carbocycles. The summed E-state index contributed by atoms with van der Waals surface area (Å²) in [5.74, 6) is 0.411. The zero-order valence-corrected chi connectivity index (χ0v) is 16.1. The highest BCUT2D eigenvalue weighted by Crippen LogP contribution is 2.35. The molecular formula is C18H20N6O2S. The summed E-state index contributed by atoms with van der Waals surface area (Å²) < 4.78 is 5.15. The van der Waals surface area contributed by atoms with Crippen LogP contribution in [0.15, 0.2) is 18.3 Å². The Bertz CT molecular complexity index is 1030. The van der Waals surface area contributed by atoms with Gasteiger partial charge in [-0.3, -0.25) is 4.79 Å². The summed E-state index contributed by atoms with van der Waals surface area (Å²) >= 11 is 1.28. The minimum Gasteiger partial charge on any atom is -0.481 e. The van der Waals surface area contributed by atoms with Crippen molar-refractivity contribution in [3.63, 3.8) is 0 Å². The number of anilines is 2. The van der Waals surface area contributed by atoms with Gasteiger partial charge in [0.15, 0.2) is 0 Å². The van der Waals surface area contributed by atoms with Gasteiger partial charge in [0.05, 0.1) is 24.5 Å². The van der Waals surface area contributed by atoms with E-state index in [1.165, 1.54) is 11.3 Å². The van der Waals surface area contributed by atoms with Gasteiger partial charge in [-0.1, -0.05) is 0 Å². The minimum atomic E-state index is -0.162. The average molecular weight is 384 g/mol. The van der Waals surface area contributed by atoms with Crippen LogP contribution in [0.1, 0.15) is 20.9 Å². The second-order valence-electron chi connectivity index (χ2n) is 6.57. The predicted molar refractivity (Wildman–Crippen MR) is 106 cm³/mol. The lowest BCUT2D eigenvalue weighted by Gasteiger charge is -2.41. The molecule has 3 aromatic heterocycles. The maximum atomic E-state index is 12.7. The van der Waals surface area contributed by atoms with E-state index in [1.807, 2.05) is 26.0 Å². The number of nitrogens with one attached hydrogen (secondary N) is 1. The van der Waals surface area contributed by atoms with Crippen molar-refractivity contribution >= 4 is 38.8 Å². The molecule has 1 saturated heterocycles. The Balaban J connectivity index is 1.46. The minimum absolute atomic E-state index is 0.0650. The number of rotatable bonds is 4. The standard InChI is InChI=1S/C18H20N6O2S/c1-9-10(2)22-23-18-14(9)15(19)16(27-18)17(25)21-11-7-24(8-11)12-4-5-20-13(6-12)26-3/h4-6,11H,7-8,19H2,1-3H3,(H,21,25). The van der Waals surface area contributed by atoms with Crippen LogP contribution in [0.25, 0.3) is 10.2 Å². The van der Waals surface area contributed by atoms with Gasteiger partial charge in [-0.25, -0.2) is 4.98 Å². The molecule has 9 heteroatoms. The molecule has 1 fully saturated rings. The summed E-state index contributed by atoms with van der Waals surface area (Å²) in [7, 11) is 1.59. The van der Waals surface area contributed by atoms with Crippen molar-refractivity contribution in [2.75, 3.05) is 30.8 Å². The zero-order chi connectivity index (χ0) is 19.1. The molecule has 0 aromatic carbocycles. The lowest BCUT2D eigenvalue weighted by molar-refractivity contribution is 0.0935. The van der Waals surface area contributed by atoms with Gasteiger partial charge >= 0.3 is 0 Å². The van der Waals surface area contributed by atoms with Gasteiger partial charge in [-0.15, -0.1) is 16.4 Å². The molecule has 4 rings (SSSR count). The molecule has 27 heavy (non-hydrogen) atoms. The predicted octanol–water partition coefficient (Wildman–Crippen LogP) is 1.91. The number of methoxy groups -OCH3 is 1. The normalized spacial score (nSPS) is 14.3. The number of hydrogen-bond donors (Lipinski definition) is 2. The van der Waals surface area contributed by atoms with Crippen LogP contribution >= 0.6 is 11.3 Å². The molecule has 3 aromatic rings. The molecule has 0 radical (unpaired) electrons. The number of aryl methyl sites for hydroxylation is 2. The Labute approximate surface area is 160 Å². The smallest absolute Gasteiger partial charge is 0.263 e. The highest BCUT2D eigenvalue weighted by Gasteiger charge is 2.30. The fourth-order valence-electron chi connectivity index (χ4n) is 3.15. The molecule has 1 aliphatic heterocycles. The maximum absolute atomic E-state index is 12.7. The topological polar surface area (TPSA) is 106 Å². The second kappa shape index (κ2) is 6.66. The third-order valence-electron chi connectivity index (χ3n) is 4.85. The first-order chi connectivity index (χ1) is 13.0. The highest BCUT2D eigenvalue weighted by molar-refractivity contribution is 7.21. The van der Waals surface area contributed by atoms with Gasteiger partial charge < -0.3 is 20.7 Å². The van der Waals surface area contributed by atoms with E-state index in [0.717, 1.165) is 35.4 Å². The molecule has 0 bridgehead atoms. The number of pyridine rings is 1. The summed E-state index contributed by atoms with van der Waals surface area (Å²) in [6.45, 7) is 5.28. The van der Waals surface area contributed by atoms with Crippen LogP contribution in [0.4, 0.5) is 11.4 Å². The van der Waals surface area contributed by atoms with Crippen molar-refractivity contribution in [2.45, 2.75) is 19.9 Å². The third-order valence-corrected chi connectivity index (χ3v) is 5.94. The van der Waals surface area contributed by atoms with Crippen LogP contribution in [0, 0.1) is 13.8 Å². The van der Waals surface area contributed by atoms with Crippen LogP contribution in [0.5, 0.6) is 5.88 Å². The average Bonchev–Trinajstić information content (AvgIpc) is 2.98. The molecule has 0 atom stereocenters. The largest absolute Gasteiger partial charge is 0.481 e. The zero-order valence-electron chi connectivity index (χ0n) is 15.3. The highest BCUT2D eigenvalue weighted by atomic mass is 32.1. The van der Waals surface area contributed by atoms with Gasteiger partial charge in [0, 0.05) is 36.4 Å². The fraction of sp³-hybridized carbons (Fsp3) is 0.333. The van der Waals surface area contributed by atoms with Crippen LogP contribution in [0.2, 0.25) is 0 Å². The van der Waals surface area contributed by atoms with E-state index in [-0.39, 0.29) is 11.9 Å². The van der Waals surface area contributed by atoms with Crippen molar-refractivity contribution in [3.8, 4) is 5.88 Å². The van der Waals surface area contributed by atoms with Gasteiger partial charge in [-0.05, 0) is 25.5 Å². The van der Waals surface area contributed by atoms with E-state index in [9.17, 15) is 4.79 Å². The Morgan fingerprint density at radius 1 is 1.37 bits per heavy atom. The molecule has 4 heterocycles. The molecule has 140 valence electrons. The summed E-state index contributed by atoms with van der Waals surface area (Å²) in [4.78, 5) is 20.2. The lowest BCUT2D eigenvalue weighted by atomic mass is 10.1. The van der Waals surface area contributed by atoms with Crippen LogP contribution in [-0.2, 0) is 0 Å². The van der Waals surface area contributed by atoms with Gasteiger partial charge in [-0.2, -0.15) is 5.10 Å².